The zero-order chi connectivity index (χ0) is 66.5. The maximum atomic E-state index is 14.4. The molecule has 0 unspecified atom stereocenters. The zero-order valence-electron chi connectivity index (χ0n) is 50.7. The van der Waals surface area contributed by atoms with Crippen LogP contribution in [0.5, 0.6) is 5.75 Å². The number of para-hydroxylation sites is 1. The third kappa shape index (κ3) is 24.4. The topological polar surface area (TPSA) is 484 Å². The largest absolute Gasteiger partial charge is 0.508 e. The summed E-state index contributed by atoms with van der Waals surface area (Å²) in [6.45, 7) is 4.81. The van der Waals surface area contributed by atoms with E-state index in [0.29, 0.717) is 47.0 Å². The molecule has 4 aromatic rings. The van der Waals surface area contributed by atoms with Gasteiger partial charge in [-0.05, 0) is 86.3 Å². The average Bonchev–Trinajstić information content (AvgIpc) is 1.84. The van der Waals surface area contributed by atoms with Gasteiger partial charge in [-0.15, -0.1) is 0 Å². The number of amides is 10. The number of ether oxygens (including phenoxy) is 1. The highest BCUT2D eigenvalue weighted by Crippen LogP contribution is 2.22. The number of phenols is 1. The normalized spacial score (nSPS) is 14.9. The van der Waals surface area contributed by atoms with Crippen molar-refractivity contribution in [3.8, 4) is 5.75 Å². The number of H-pyrrole nitrogens is 1. The van der Waals surface area contributed by atoms with Crippen LogP contribution in [0.3, 0.4) is 0 Å². The van der Waals surface area contributed by atoms with Gasteiger partial charge in [0.05, 0.1) is 13.2 Å². The van der Waals surface area contributed by atoms with Crippen LogP contribution in [0.1, 0.15) is 89.3 Å². The summed E-state index contributed by atoms with van der Waals surface area (Å²) in [5.74, 6) is -9.05. The van der Waals surface area contributed by atoms with Gasteiger partial charge >= 0.3 is 6.09 Å². The summed E-state index contributed by atoms with van der Waals surface area (Å²) in [7, 11) is 0. The number of hydrogen-bond donors (Lipinski definition) is 16. The zero-order valence-corrected chi connectivity index (χ0v) is 50.7. The number of hydrogen-bond acceptors (Lipinski definition) is 16. The van der Waals surface area contributed by atoms with Crippen LogP contribution in [-0.4, -0.2) is 183 Å². The summed E-state index contributed by atoms with van der Waals surface area (Å²) < 4.78 is 5.31. The summed E-state index contributed by atoms with van der Waals surface area (Å²) in [5.41, 5.74) is 18.6. The first-order valence-corrected chi connectivity index (χ1v) is 29.3. The molecule has 2 heterocycles. The Kier molecular flexibility index (Phi) is 29.9. The van der Waals surface area contributed by atoms with Crippen molar-refractivity contribution < 1.29 is 77.9 Å². The van der Waals surface area contributed by atoms with Gasteiger partial charge in [-0.25, -0.2) is 4.79 Å². The van der Waals surface area contributed by atoms with Crippen molar-refractivity contribution in [1.82, 2.24) is 52.4 Å². The molecule has 490 valence electrons. The van der Waals surface area contributed by atoms with E-state index in [-0.39, 0.29) is 88.2 Å². The lowest BCUT2D eigenvalue weighted by atomic mass is 10.0. The summed E-state index contributed by atoms with van der Waals surface area (Å²) in [4.78, 5) is 155. The van der Waals surface area contributed by atoms with Crippen molar-refractivity contribution in [2.45, 2.75) is 140 Å². The molecule has 0 aliphatic carbocycles. The monoisotopic (exact) mass is 1260 g/mol. The van der Waals surface area contributed by atoms with Crippen molar-refractivity contribution >= 4 is 82.1 Å². The molecule has 0 radical (unpaired) electrons. The van der Waals surface area contributed by atoms with E-state index in [0.717, 1.165) is 6.92 Å². The number of aromatic amines is 1. The van der Waals surface area contributed by atoms with Gasteiger partial charge in [-0.2, -0.15) is 0 Å². The number of aromatic hydroxyl groups is 1. The second kappa shape index (κ2) is 37.1. The highest BCUT2D eigenvalue weighted by Gasteiger charge is 2.39. The summed E-state index contributed by atoms with van der Waals surface area (Å²) >= 11 is 0. The number of carboxylic acid groups (broad SMARTS) is 1. The molecule has 1 saturated heterocycles. The number of aliphatic hydroxyl groups excluding tert-OH is 2. The number of benzene rings is 3. The van der Waals surface area contributed by atoms with Crippen molar-refractivity contribution in [2.24, 2.45) is 28.1 Å². The standard InChI is InChI=1S/C58H80N14O14.C2H4O2/c1-4-62-55(83)47-17-11-25-72(47)56(84)41(16-10-24-63-57(60)61)65-50(78)42(26-33(2)3)66-53(81)45(30-73)69-51(79)43(27-34-18-20-37(75)21-19-34)67-54(82)46(31-74)70-52(80)44(28-36-29-64-39-15-9-8-14-38(36)39)68-49(77)40(22-23-48(59)76)71-58(85)86-32-35-12-6-5-7-13-35;1-2(3)4/h5-9,12-15,18-21,29,33,40-47,64,73-75H,4,10-11,16-17,22-28,30-32H2,1-3H3,(H2,59,76)(H,62,83)(H,65,78)(H,66,81)(H,67,82)(H,68,77)(H,69,79)(H,70,80)(H,71,85)(H4,60,61,63);1H3,(H,3,4)/t40-,41-,42-,43-,44-,45+,46-,47-;/m0./s1. The van der Waals surface area contributed by atoms with E-state index < -0.39 is 121 Å². The first kappa shape index (κ1) is 72.6. The predicted molar refractivity (Wildman–Crippen MR) is 328 cm³/mol. The van der Waals surface area contributed by atoms with E-state index in [9.17, 15) is 63.3 Å². The fourth-order valence-electron chi connectivity index (χ4n) is 9.55. The molecule has 1 fully saturated rings. The number of nitrogens with two attached hydrogens (primary N) is 3. The van der Waals surface area contributed by atoms with Gasteiger partial charge < -0.3 is 94.8 Å². The van der Waals surface area contributed by atoms with Gasteiger partial charge in [-0.1, -0.05) is 74.5 Å². The number of likely N-dealkylation sites (N-methyl/N-ethyl adjacent to an activating group) is 1. The van der Waals surface area contributed by atoms with Gasteiger partial charge in [0.25, 0.3) is 5.97 Å². The lowest BCUT2D eigenvalue weighted by molar-refractivity contribution is -0.142. The number of likely N-dealkylation sites (tertiary alicyclic amines) is 1. The number of carboxylic acids is 1. The smallest absolute Gasteiger partial charge is 0.408 e. The SMILES string of the molecule is CC(=O)O.CCNC(=O)[C@@H]1CCCN1C(=O)[C@H](CCCN=C(N)N)NC(=O)[C@H](CC(C)C)NC(=O)[C@@H](CO)NC(=O)[C@H](Cc1ccc(O)cc1)NC(=O)[C@H](CO)NC(=O)[C@H](Cc1c[nH]c2ccccc12)NC(=O)[C@H](CCC(N)=O)NC(=O)OCc1ccccc1. The number of guanidine groups is 1. The lowest BCUT2D eigenvalue weighted by Crippen LogP contribution is -2.61. The molecule has 30 nitrogen and oxygen atoms in total. The van der Waals surface area contributed by atoms with E-state index in [2.05, 4.69) is 52.5 Å². The fraction of sp³-hybridized carbons (Fsp3) is 0.467. The Bertz CT molecular complexity index is 3100. The van der Waals surface area contributed by atoms with Crippen LogP contribution in [-0.2, 0) is 72.1 Å². The van der Waals surface area contributed by atoms with E-state index >= 15 is 0 Å². The van der Waals surface area contributed by atoms with Gasteiger partial charge in [0.2, 0.25) is 53.2 Å². The number of carbonyl (C=O) groups excluding carboxylic acids is 10. The van der Waals surface area contributed by atoms with E-state index in [1.807, 2.05) is 0 Å². The molecule has 3 aromatic carbocycles. The first-order chi connectivity index (χ1) is 42.8. The van der Waals surface area contributed by atoms with Crippen molar-refractivity contribution in [2.75, 3.05) is 32.8 Å². The molecule has 1 aliphatic rings. The minimum absolute atomic E-state index is 0.0144. The van der Waals surface area contributed by atoms with Crippen LogP contribution in [0.4, 0.5) is 4.79 Å². The molecule has 90 heavy (non-hydrogen) atoms. The van der Waals surface area contributed by atoms with E-state index in [4.69, 9.17) is 31.8 Å². The number of fused-ring (bicyclic) bond motifs is 1. The number of phenolic OH excluding ortho intramolecular Hbond substituents is 1. The molecule has 1 aromatic heterocycles. The van der Waals surface area contributed by atoms with Crippen LogP contribution >= 0.6 is 0 Å². The van der Waals surface area contributed by atoms with E-state index in [1.165, 1.54) is 29.2 Å². The van der Waals surface area contributed by atoms with Crippen molar-refractivity contribution in [3.05, 3.63) is 102 Å². The maximum absolute atomic E-state index is 14.4. The number of rotatable bonds is 33. The van der Waals surface area contributed by atoms with E-state index in [1.54, 1.807) is 81.6 Å². The van der Waals surface area contributed by atoms with Gasteiger partial charge in [0.1, 0.15) is 60.7 Å². The van der Waals surface area contributed by atoms with Crippen LogP contribution in [0.2, 0.25) is 0 Å². The third-order valence-electron chi connectivity index (χ3n) is 14.0. The highest BCUT2D eigenvalue weighted by molar-refractivity contribution is 5.99. The molecule has 0 saturated carbocycles. The molecule has 19 N–H and O–H groups in total. The summed E-state index contributed by atoms with van der Waals surface area (Å²) in [6.07, 6.45) is 0.585. The van der Waals surface area contributed by atoms with Crippen molar-refractivity contribution in [3.63, 3.8) is 0 Å². The lowest BCUT2D eigenvalue weighted by Gasteiger charge is -2.30. The summed E-state index contributed by atoms with van der Waals surface area (Å²) in [5, 5.41) is 59.7. The number of alkyl carbamates (subject to hydrolysis) is 1. The second-order valence-electron chi connectivity index (χ2n) is 21.6. The predicted octanol–water partition coefficient (Wildman–Crippen LogP) is -1.57. The van der Waals surface area contributed by atoms with Gasteiger partial charge in [-0.3, -0.25) is 52.9 Å². The minimum Gasteiger partial charge on any atom is -0.508 e. The summed E-state index contributed by atoms with van der Waals surface area (Å²) in [6, 6.07) is 9.67. The average molecular weight is 1260 g/mol. The number of primary amides is 1. The van der Waals surface area contributed by atoms with Gasteiger partial charge in [0, 0.05) is 62.9 Å². The number of carbonyl (C=O) groups is 11. The maximum Gasteiger partial charge on any atom is 0.408 e. The quantitative estimate of drug-likeness (QED) is 0.0146. The fourth-order valence-corrected chi connectivity index (χ4v) is 9.55. The number of nitrogens with zero attached hydrogens (tertiary/aromatic N) is 2. The molecule has 5 rings (SSSR count). The Hall–Kier alpha value is -9.84. The molecule has 0 spiro atoms. The number of aromatic nitrogens is 1. The molecule has 10 amide bonds. The Balaban J connectivity index is 0.00000419. The Morgan fingerprint density at radius 3 is 1.78 bits per heavy atom. The molecular weight excluding hydrogens is 1170 g/mol. The Labute approximate surface area is 519 Å². The Morgan fingerprint density at radius 1 is 0.667 bits per heavy atom. The first-order valence-electron chi connectivity index (χ1n) is 29.3. The van der Waals surface area contributed by atoms with Gasteiger partial charge in [0.15, 0.2) is 5.96 Å². The van der Waals surface area contributed by atoms with Crippen LogP contribution in [0.25, 0.3) is 10.9 Å². The van der Waals surface area contributed by atoms with Crippen molar-refractivity contribution in [1.29, 1.82) is 0 Å². The molecule has 1 aliphatic heterocycles. The number of aliphatic hydroxyl groups is 2. The number of nitrogens with one attached hydrogen (secondary N) is 9. The molecule has 8 atom stereocenters. The Morgan fingerprint density at radius 2 is 1.20 bits per heavy atom. The van der Waals surface area contributed by atoms with Crippen LogP contribution in [0, 0.1) is 5.92 Å². The number of aliphatic carboxylic acids is 1. The van der Waals surface area contributed by atoms with Crippen LogP contribution < -0.4 is 59.7 Å². The van der Waals surface area contributed by atoms with Crippen LogP contribution in [0.15, 0.2) is 90.1 Å². The molecule has 0 bridgehead atoms. The second-order valence-corrected chi connectivity index (χ2v) is 21.6. The highest BCUT2D eigenvalue weighted by atomic mass is 16.5. The molecule has 30 heteroatoms. The minimum atomic E-state index is -1.82. The third-order valence-corrected chi connectivity index (χ3v) is 14.0. The molecular formula is C60H84N14O16. The number of aliphatic imine (C=N–C) groups is 1.